The van der Waals surface area contributed by atoms with Crippen molar-refractivity contribution < 1.29 is 14.4 Å². The van der Waals surface area contributed by atoms with E-state index in [9.17, 15) is 14.4 Å². The molecule has 2 N–H and O–H groups in total. The molecule has 28 heavy (non-hydrogen) atoms. The van der Waals surface area contributed by atoms with Crippen LogP contribution in [0.15, 0.2) is 53.4 Å². The van der Waals surface area contributed by atoms with Gasteiger partial charge in [-0.3, -0.25) is 25.2 Å². The molecule has 0 aromatic heterocycles. The fraction of sp³-hybridized carbons (Fsp3) is 0.286. The molecule has 1 aliphatic heterocycles. The van der Waals surface area contributed by atoms with Crippen LogP contribution in [-0.4, -0.2) is 30.0 Å². The standard InChI is InChI=1S/C21H23N3O3S/c1-14-3-7-17(8-4-14)24-12-16(11-20(24)26)21(27)23-22-19(25)13-28-18-9-5-15(2)6-10-18/h3-10,16H,11-13H2,1-2H3,(H,22,25)(H,23,27)/t16-/m1/s1. The van der Waals surface area contributed by atoms with Crippen LogP contribution in [0.3, 0.4) is 0 Å². The second kappa shape index (κ2) is 8.93. The van der Waals surface area contributed by atoms with Gasteiger partial charge in [0, 0.05) is 23.5 Å². The molecule has 2 aromatic carbocycles. The number of hydrogen-bond donors (Lipinski definition) is 2. The van der Waals surface area contributed by atoms with Gasteiger partial charge >= 0.3 is 0 Å². The largest absolute Gasteiger partial charge is 0.312 e. The summed E-state index contributed by atoms with van der Waals surface area (Å²) in [5, 5.41) is 0. The molecule has 7 heteroatoms. The number of thioether (sulfide) groups is 1. The van der Waals surface area contributed by atoms with Crippen molar-refractivity contribution in [3.05, 3.63) is 59.7 Å². The van der Waals surface area contributed by atoms with E-state index in [1.54, 1.807) is 4.90 Å². The lowest BCUT2D eigenvalue weighted by molar-refractivity contribution is -0.130. The number of nitrogens with one attached hydrogen (secondary N) is 2. The van der Waals surface area contributed by atoms with E-state index in [1.165, 1.54) is 11.8 Å². The van der Waals surface area contributed by atoms with Crippen LogP contribution in [0, 0.1) is 19.8 Å². The van der Waals surface area contributed by atoms with Gasteiger partial charge in [0.1, 0.15) is 0 Å². The molecule has 0 spiro atoms. The highest BCUT2D eigenvalue weighted by atomic mass is 32.2. The van der Waals surface area contributed by atoms with Gasteiger partial charge < -0.3 is 4.90 Å². The van der Waals surface area contributed by atoms with E-state index in [0.717, 1.165) is 21.7 Å². The topological polar surface area (TPSA) is 78.5 Å². The Morgan fingerprint density at radius 3 is 2.25 bits per heavy atom. The molecule has 146 valence electrons. The van der Waals surface area contributed by atoms with Gasteiger partial charge in [-0.15, -0.1) is 11.8 Å². The summed E-state index contributed by atoms with van der Waals surface area (Å²) in [6.45, 7) is 4.29. The number of hydrogen-bond acceptors (Lipinski definition) is 4. The maximum atomic E-state index is 12.3. The van der Waals surface area contributed by atoms with Gasteiger partial charge in [-0.1, -0.05) is 35.4 Å². The number of carbonyl (C=O) groups excluding carboxylic acids is 3. The minimum atomic E-state index is -0.487. The average molecular weight is 398 g/mol. The molecule has 0 unspecified atom stereocenters. The third kappa shape index (κ3) is 5.13. The van der Waals surface area contributed by atoms with Gasteiger partial charge in [-0.25, -0.2) is 0 Å². The fourth-order valence-corrected chi connectivity index (χ4v) is 3.61. The van der Waals surface area contributed by atoms with Gasteiger partial charge in [0.15, 0.2) is 0 Å². The molecule has 0 bridgehead atoms. The van der Waals surface area contributed by atoms with E-state index in [1.807, 2.05) is 62.4 Å². The molecule has 1 fully saturated rings. The number of aryl methyl sites for hydroxylation is 2. The molecule has 3 amide bonds. The predicted octanol–water partition coefficient (Wildman–Crippen LogP) is 2.60. The highest BCUT2D eigenvalue weighted by molar-refractivity contribution is 8.00. The first kappa shape index (κ1) is 19.9. The molecule has 1 atom stereocenters. The second-order valence-corrected chi connectivity index (χ2v) is 7.93. The summed E-state index contributed by atoms with van der Waals surface area (Å²) < 4.78 is 0. The zero-order chi connectivity index (χ0) is 20.1. The minimum Gasteiger partial charge on any atom is -0.312 e. The normalized spacial score (nSPS) is 16.1. The third-order valence-corrected chi connectivity index (χ3v) is 5.57. The van der Waals surface area contributed by atoms with Crippen LogP contribution in [0.2, 0.25) is 0 Å². The zero-order valence-corrected chi connectivity index (χ0v) is 16.7. The molecule has 2 aromatic rings. The Morgan fingerprint density at radius 2 is 1.61 bits per heavy atom. The van der Waals surface area contributed by atoms with Gasteiger partial charge in [0.2, 0.25) is 17.7 Å². The number of benzene rings is 2. The summed E-state index contributed by atoms with van der Waals surface area (Å²) in [4.78, 5) is 39.1. The summed E-state index contributed by atoms with van der Waals surface area (Å²) in [6.07, 6.45) is 0.133. The van der Waals surface area contributed by atoms with Crippen molar-refractivity contribution in [2.24, 2.45) is 5.92 Å². The number of amides is 3. The van der Waals surface area contributed by atoms with Crippen molar-refractivity contribution in [2.45, 2.75) is 25.2 Å². The van der Waals surface area contributed by atoms with E-state index >= 15 is 0 Å². The first-order valence-corrected chi connectivity index (χ1v) is 10.1. The van der Waals surface area contributed by atoms with Gasteiger partial charge in [0.05, 0.1) is 11.7 Å². The van der Waals surface area contributed by atoms with Gasteiger partial charge in [0.25, 0.3) is 0 Å². The SMILES string of the molecule is Cc1ccc(SCC(=O)NNC(=O)[C@@H]2CC(=O)N(c3ccc(C)cc3)C2)cc1. The molecule has 0 aliphatic carbocycles. The number of carbonyl (C=O) groups is 3. The molecular weight excluding hydrogens is 374 g/mol. The third-order valence-electron chi connectivity index (χ3n) is 4.56. The molecule has 1 aliphatic rings. The smallest absolute Gasteiger partial charge is 0.248 e. The summed E-state index contributed by atoms with van der Waals surface area (Å²) in [5.41, 5.74) is 7.92. The summed E-state index contributed by atoms with van der Waals surface area (Å²) in [6, 6.07) is 15.5. The summed E-state index contributed by atoms with van der Waals surface area (Å²) >= 11 is 1.39. The van der Waals surface area contributed by atoms with Crippen molar-refractivity contribution in [2.75, 3.05) is 17.2 Å². The Hall–Kier alpha value is -2.80. The zero-order valence-electron chi connectivity index (χ0n) is 15.9. The fourth-order valence-electron chi connectivity index (χ4n) is 2.91. The Kier molecular flexibility index (Phi) is 6.36. The van der Waals surface area contributed by atoms with Crippen molar-refractivity contribution in [3.63, 3.8) is 0 Å². The maximum absolute atomic E-state index is 12.3. The van der Waals surface area contributed by atoms with Crippen LogP contribution in [-0.2, 0) is 14.4 Å². The van der Waals surface area contributed by atoms with Crippen molar-refractivity contribution in [1.82, 2.24) is 10.9 Å². The number of rotatable bonds is 5. The summed E-state index contributed by atoms with van der Waals surface area (Å²) in [7, 11) is 0. The van der Waals surface area contributed by atoms with Crippen LogP contribution in [0.5, 0.6) is 0 Å². The molecule has 0 radical (unpaired) electrons. The van der Waals surface area contributed by atoms with Crippen molar-refractivity contribution in [1.29, 1.82) is 0 Å². The average Bonchev–Trinajstić information content (AvgIpc) is 3.08. The number of anilines is 1. The lowest BCUT2D eigenvalue weighted by atomic mass is 10.1. The van der Waals surface area contributed by atoms with Crippen LogP contribution in [0.25, 0.3) is 0 Å². The second-order valence-electron chi connectivity index (χ2n) is 6.88. The van der Waals surface area contributed by atoms with E-state index < -0.39 is 5.92 Å². The van der Waals surface area contributed by atoms with Crippen LogP contribution < -0.4 is 15.8 Å². The maximum Gasteiger partial charge on any atom is 0.248 e. The highest BCUT2D eigenvalue weighted by Gasteiger charge is 2.35. The molecule has 6 nitrogen and oxygen atoms in total. The molecule has 1 saturated heterocycles. The molecule has 3 rings (SSSR count). The Morgan fingerprint density at radius 1 is 1.00 bits per heavy atom. The van der Waals surface area contributed by atoms with Crippen molar-refractivity contribution in [3.8, 4) is 0 Å². The van der Waals surface area contributed by atoms with Crippen LogP contribution in [0.1, 0.15) is 17.5 Å². The monoisotopic (exact) mass is 397 g/mol. The quantitative estimate of drug-likeness (QED) is 0.601. The van der Waals surface area contributed by atoms with Crippen LogP contribution >= 0.6 is 11.8 Å². The lowest BCUT2D eigenvalue weighted by Gasteiger charge is -2.17. The van der Waals surface area contributed by atoms with E-state index in [4.69, 9.17) is 0 Å². The number of hydrazine groups is 1. The van der Waals surface area contributed by atoms with E-state index in [2.05, 4.69) is 10.9 Å². The van der Waals surface area contributed by atoms with Crippen molar-refractivity contribution >= 4 is 35.2 Å². The predicted molar refractivity (Wildman–Crippen MR) is 110 cm³/mol. The Balaban J connectivity index is 1.45. The highest BCUT2D eigenvalue weighted by Crippen LogP contribution is 2.25. The van der Waals surface area contributed by atoms with Gasteiger partial charge in [-0.05, 0) is 38.1 Å². The Labute approximate surface area is 168 Å². The first-order chi connectivity index (χ1) is 13.4. The van der Waals surface area contributed by atoms with Gasteiger partial charge in [-0.2, -0.15) is 0 Å². The minimum absolute atomic E-state index is 0.0924. The lowest BCUT2D eigenvalue weighted by Crippen LogP contribution is -2.45. The Bertz CT molecular complexity index is 865. The van der Waals surface area contributed by atoms with E-state index in [0.29, 0.717) is 6.54 Å². The first-order valence-electron chi connectivity index (χ1n) is 9.07. The molecule has 1 heterocycles. The summed E-state index contributed by atoms with van der Waals surface area (Å²) in [5.74, 6) is -1.03. The number of nitrogens with zero attached hydrogens (tertiary/aromatic N) is 1. The molecule has 0 saturated carbocycles. The van der Waals surface area contributed by atoms with Crippen LogP contribution in [0.4, 0.5) is 5.69 Å². The van der Waals surface area contributed by atoms with E-state index in [-0.39, 0.29) is 29.9 Å². The molecular formula is C21H23N3O3S.